The quantitative estimate of drug-likeness (QED) is 0.462. The molecule has 0 radical (unpaired) electrons. The molecule has 2 aromatic carbocycles. The van der Waals surface area contributed by atoms with Gasteiger partial charge in [0.2, 0.25) is 0 Å². The van der Waals surface area contributed by atoms with Crippen LogP contribution in [0.15, 0.2) is 53.5 Å². The summed E-state index contributed by atoms with van der Waals surface area (Å²) in [4.78, 5) is 4.36. The lowest BCUT2D eigenvalue weighted by atomic mass is 10.1. The molecule has 2 N–H and O–H groups in total. The highest BCUT2D eigenvalue weighted by atomic mass is 19.1. The van der Waals surface area contributed by atoms with Crippen LogP contribution in [-0.4, -0.2) is 25.7 Å². The molecule has 2 rings (SSSR count). The van der Waals surface area contributed by atoms with Crippen molar-refractivity contribution in [1.29, 1.82) is 5.26 Å². The highest BCUT2D eigenvalue weighted by Gasteiger charge is 2.04. The van der Waals surface area contributed by atoms with Gasteiger partial charge in [0.15, 0.2) is 5.96 Å². The van der Waals surface area contributed by atoms with Gasteiger partial charge in [-0.1, -0.05) is 24.3 Å². The molecule has 0 bridgehead atoms. The molecule has 0 aliphatic heterocycles. The van der Waals surface area contributed by atoms with E-state index in [4.69, 9.17) is 10.00 Å². The van der Waals surface area contributed by atoms with Crippen LogP contribution in [0.4, 0.5) is 4.39 Å². The number of ether oxygens (including phenoxy) is 1. The molecule has 0 heterocycles. The van der Waals surface area contributed by atoms with Crippen LogP contribution in [0, 0.1) is 17.1 Å². The van der Waals surface area contributed by atoms with Crippen LogP contribution < -0.4 is 15.4 Å². The Bertz CT molecular complexity index is 741. The average molecular weight is 340 g/mol. The molecule has 0 spiro atoms. The summed E-state index contributed by atoms with van der Waals surface area (Å²) in [5.74, 6) is 0.972. The van der Waals surface area contributed by atoms with Crippen molar-refractivity contribution < 1.29 is 9.13 Å². The normalized spacial score (nSPS) is 10.8. The number of hydrogen-bond acceptors (Lipinski definition) is 3. The van der Waals surface area contributed by atoms with E-state index in [9.17, 15) is 4.39 Å². The Balaban J connectivity index is 1.86. The predicted octanol–water partition coefficient (Wildman–Crippen LogP) is 2.83. The molecule has 5 nitrogen and oxygen atoms in total. The van der Waals surface area contributed by atoms with Gasteiger partial charge >= 0.3 is 0 Å². The molecule has 0 aliphatic rings. The Morgan fingerprint density at radius 1 is 1.20 bits per heavy atom. The van der Waals surface area contributed by atoms with E-state index < -0.39 is 5.82 Å². The van der Waals surface area contributed by atoms with Crippen LogP contribution in [0.2, 0.25) is 0 Å². The number of nitriles is 1. The van der Waals surface area contributed by atoms with E-state index in [0.717, 1.165) is 5.75 Å². The number of nitrogens with one attached hydrogen (secondary N) is 2. The maximum absolute atomic E-state index is 13.9. The molecule has 2 aromatic rings. The molecule has 0 fully saturated rings. The third kappa shape index (κ3) is 6.15. The van der Waals surface area contributed by atoms with Crippen molar-refractivity contribution in [3.8, 4) is 11.8 Å². The first kappa shape index (κ1) is 18.3. The second-order valence-corrected chi connectivity index (χ2v) is 5.20. The van der Waals surface area contributed by atoms with E-state index in [-0.39, 0.29) is 6.54 Å². The molecule has 0 saturated heterocycles. The first-order chi connectivity index (χ1) is 12.2. The minimum absolute atomic E-state index is 0.187. The lowest BCUT2D eigenvalue weighted by Gasteiger charge is -2.12. The lowest BCUT2D eigenvalue weighted by molar-refractivity contribution is 0.322. The largest absolute Gasteiger partial charge is 0.492 e. The highest BCUT2D eigenvalue weighted by Crippen LogP contribution is 2.11. The van der Waals surface area contributed by atoms with Crippen molar-refractivity contribution in [3.63, 3.8) is 0 Å². The van der Waals surface area contributed by atoms with Crippen molar-refractivity contribution in [2.75, 3.05) is 19.7 Å². The average Bonchev–Trinajstić information content (AvgIpc) is 2.64. The molecule has 0 saturated carbocycles. The zero-order valence-corrected chi connectivity index (χ0v) is 14.1. The fourth-order valence-electron chi connectivity index (χ4n) is 2.11. The van der Waals surface area contributed by atoms with Crippen LogP contribution in [0.1, 0.15) is 18.1 Å². The van der Waals surface area contributed by atoms with Crippen molar-refractivity contribution in [2.24, 2.45) is 4.99 Å². The Labute approximate surface area is 147 Å². The number of halogens is 1. The SMILES string of the molecule is CCNC(=NCc1ccc(C#N)cc1F)NCCOc1ccccc1. The van der Waals surface area contributed by atoms with E-state index >= 15 is 0 Å². The first-order valence-electron chi connectivity index (χ1n) is 8.11. The standard InChI is InChI=1S/C19H21FN4O/c1-2-22-19(23-10-11-25-17-6-4-3-5-7-17)24-14-16-9-8-15(13-21)12-18(16)20/h3-9,12H,2,10-11,14H2,1H3,(H2,22,23,24). The Morgan fingerprint density at radius 2 is 2.00 bits per heavy atom. The number of guanidine groups is 1. The molecule has 25 heavy (non-hydrogen) atoms. The van der Waals surface area contributed by atoms with Gasteiger partial charge in [-0.25, -0.2) is 9.38 Å². The molecule has 0 aromatic heterocycles. The summed E-state index contributed by atoms with van der Waals surface area (Å²) >= 11 is 0. The van der Waals surface area contributed by atoms with Gasteiger partial charge in [0.1, 0.15) is 18.2 Å². The van der Waals surface area contributed by atoms with Gasteiger partial charge in [0, 0.05) is 12.1 Å². The van der Waals surface area contributed by atoms with Gasteiger partial charge in [0.25, 0.3) is 0 Å². The number of hydrogen-bond donors (Lipinski definition) is 2. The maximum atomic E-state index is 13.9. The number of para-hydroxylation sites is 1. The molecule has 130 valence electrons. The van der Waals surface area contributed by atoms with Crippen LogP contribution >= 0.6 is 0 Å². The molecular weight excluding hydrogens is 319 g/mol. The first-order valence-corrected chi connectivity index (χ1v) is 8.11. The minimum Gasteiger partial charge on any atom is -0.492 e. The second kappa shape index (κ2) is 9.93. The minimum atomic E-state index is -0.425. The summed E-state index contributed by atoms with van der Waals surface area (Å²) in [5, 5.41) is 15.0. The summed E-state index contributed by atoms with van der Waals surface area (Å²) in [6.45, 7) is 3.89. The Morgan fingerprint density at radius 3 is 2.68 bits per heavy atom. The molecule has 0 amide bonds. The van der Waals surface area contributed by atoms with Crippen LogP contribution in [-0.2, 0) is 6.54 Å². The topological polar surface area (TPSA) is 69.4 Å². The van der Waals surface area contributed by atoms with E-state index in [2.05, 4.69) is 15.6 Å². The summed E-state index contributed by atoms with van der Waals surface area (Å²) < 4.78 is 19.5. The number of nitrogens with zero attached hydrogens (tertiary/aromatic N) is 2. The van der Waals surface area contributed by atoms with Crippen LogP contribution in [0.25, 0.3) is 0 Å². The number of rotatable bonds is 7. The summed E-state index contributed by atoms with van der Waals surface area (Å²) in [7, 11) is 0. The fraction of sp³-hybridized carbons (Fsp3) is 0.263. The van der Waals surface area contributed by atoms with Gasteiger partial charge in [-0.05, 0) is 31.2 Å². The molecule has 0 aliphatic carbocycles. The van der Waals surface area contributed by atoms with Gasteiger partial charge in [-0.3, -0.25) is 0 Å². The van der Waals surface area contributed by atoms with Gasteiger partial charge in [0.05, 0.1) is 24.7 Å². The fourth-order valence-corrected chi connectivity index (χ4v) is 2.11. The van der Waals surface area contributed by atoms with E-state index in [1.165, 1.54) is 6.07 Å². The van der Waals surface area contributed by atoms with E-state index in [1.54, 1.807) is 12.1 Å². The third-order valence-electron chi connectivity index (χ3n) is 3.34. The Kier molecular flexibility index (Phi) is 7.26. The summed E-state index contributed by atoms with van der Waals surface area (Å²) in [5.41, 5.74) is 0.741. The molecule has 6 heteroatoms. The predicted molar refractivity (Wildman–Crippen MR) is 95.9 cm³/mol. The van der Waals surface area contributed by atoms with E-state index in [1.807, 2.05) is 43.3 Å². The zero-order valence-electron chi connectivity index (χ0n) is 14.1. The van der Waals surface area contributed by atoms with Crippen molar-refractivity contribution in [3.05, 3.63) is 65.5 Å². The van der Waals surface area contributed by atoms with Crippen molar-refractivity contribution in [1.82, 2.24) is 10.6 Å². The molecule has 0 unspecified atom stereocenters. The highest BCUT2D eigenvalue weighted by molar-refractivity contribution is 5.79. The van der Waals surface area contributed by atoms with E-state index in [0.29, 0.717) is 36.8 Å². The van der Waals surface area contributed by atoms with Gasteiger partial charge in [-0.15, -0.1) is 0 Å². The van der Waals surface area contributed by atoms with Gasteiger partial charge < -0.3 is 15.4 Å². The summed E-state index contributed by atoms with van der Waals surface area (Å²) in [6.07, 6.45) is 0. The smallest absolute Gasteiger partial charge is 0.191 e. The summed E-state index contributed by atoms with van der Waals surface area (Å²) in [6, 6.07) is 15.9. The lowest BCUT2D eigenvalue weighted by Crippen LogP contribution is -2.39. The zero-order chi connectivity index (χ0) is 17.9. The number of benzene rings is 2. The number of aliphatic imine (C=N–C) groups is 1. The molecule has 0 atom stereocenters. The van der Waals surface area contributed by atoms with Crippen molar-refractivity contribution >= 4 is 5.96 Å². The second-order valence-electron chi connectivity index (χ2n) is 5.20. The van der Waals surface area contributed by atoms with Crippen LogP contribution in [0.3, 0.4) is 0 Å². The van der Waals surface area contributed by atoms with Gasteiger partial charge in [-0.2, -0.15) is 5.26 Å². The maximum Gasteiger partial charge on any atom is 0.191 e. The van der Waals surface area contributed by atoms with Crippen molar-refractivity contribution in [2.45, 2.75) is 13.5 Å². The monoisotopic (exact) mass is 340 g/mol. The third-order valence-corrected chi connectivity index (χ3v) is 3.34. The van der Waals surface area contributed by atoms with Crippen LogP contribution in [0.5, 0.6) is 5.75 Å². The Hall–Kier alpha value is -3.07. The molecular formula is C19H21FN4O.